The lowest BCUT2D eigenvalue weighted by Gasteiger charge is -2.24. The average molecular weight is 325 g/mol. The maximum Gasteiger partial charge on any atom is 0.0413 e. The summed E-state index contributed by atoms with van der Waals surface area (Å²) in [4.78, 5) is 3.71. The molecule has 1 atom stereocenters. The van der Waals surface area contributed by atoms with Crippen molar-refractivity contribution < 1.29 is 0 Å². The Hall–Kier alpha value is -0.840. The van der Waals surface area contributed by atoms with Gasteiger partial charge in [-0.3, -0.25) is 4.90 Å². The van der Waals surface area contributed by atoms with Gasteiger partial charge in [0.2, 0.25) is 0 Å². The summed E-state index contributed by atoms with van der Waals surface area (Å²) in [6.45, 7) is 3.11. The summed E-state index contributed by atoms with van der Waals surface area (Å²) >= 11 is 5.38. The summed E-state index contributed by atoms with van der Waals surface area (Å²) in [7, 11) is 2.14. The van der Waals surface area contributed by atoms with Crippen molar-refractivity contribution in [3.63, 3.8) is 0 Å². The molecule has 0 aliphatic heterocycles. The van der Waals surface area contributed by atoms with Gasteiger partial charge in [0, 0.05) is 27.6 Å². The monoisotopic (exact) mass is 324 g/mol. The molecular weight excluding hydrogens is 308 g/mol. The molecule has 0 saturated carbocycles. The minimum atomic E-state index is 0.415. The maximum atomic E-state index is 5.84. The molecule has 0 aliphatic rings. The summed E-state index contributed by atoms with van der Waals surface area (Å²) < 4.78 is 1.11. The Bertz CT molecular complexity index is 511. The molecule has 0 bridgehead atoms. The van der Waals surface area contributed by atoms with E-state index in [1.165, 1.54) is 10.4 Å². The molecule has 0 spiro atoms. The minimum absolute atomic E-state index is 0.415. The smallest absolute Gasteiger partial charge is 0.0413 e. The second-order valence-electron chi connectivity index (χ2n) is 4.46. The molecule has 4 heteroatoms. The predicted octanol–water partition coefficient (Wildman–Crippen LogP) is 4.29. The minimum Gasteiger partial charge on any atom is -0.399 e. The third kappa shape index (κ3) is 3.13. The first-order valence-corrected chi connectivity index (χ1v) is 7.52. The molecule has 2 rings (SSSR count). The molecule has 0 aliphatic carbocycles. The Balaban J connectivity index is 2.11. The Morgan fingerprint density at radius 3 is 2.83 bits per heavy atom. The largest absolute Gasteiger partial charge is 0.399 e. The standard InChI is InChI=1S/C14H17BrN2S/c1-10(14-4-3-7-18-14)17(2)9-11-8-12(16)5-6-13(11)15/h3-8,10H,9,16H2,1-2H3. The van der Waals surface area contributed by atoms with Gasteiger partial charge < -0.3 is 5.73 Å². The van der Waals surface area contributed by atoms with Gasteiger partial charge in [-0.25, -0.2) is 0 Å². The zero-order chi connectivity index (χ0) is 13.1. The Morgan fingerprint density at radius 2 is 2.17 bits per heavy atom. The van der Waals surface area contributed by atoms with Crippen LogP contribution >= 0.6 is 27.3 Å². The van der Waals surface area contributed by atoms with Crippen molar-refractivity contribution >= 4 is 33.0 Å². The molecule has 1 aromatic carbocycles. The molecule has 18 heavy (non-hydrogen) atoms. The molecule has 1 heterocycles. The van der Waals surface area contributed by atoms with Crippen LogP contribution in [0.4, 0.5) is 5.69 Å². The lowest BCUT2D eigenvalue weighted by molar-refractivity contribution is 0.256. The van der Waals surface area contributed by atoms with Gasteiger partial charge in [0.05, 0.1) is 0 Å². The second kappa shape index (κ2) is 5.87. The number of hydrogen-bond acceptors (Lipinski definition) is 3. The SMILES string of the molecule is CC(c1cccs1)N(C)Cc1cc(N)ccc1Br. The summed E-state index contributed by atoms with van der Waals surface area (Å²) in [5, 5.41) is 2.12. The van der Waals surface area contributed by atoms with Gasteiger partial charge in [-0.1, -0.05) is 22.0 Å². The molecule has 1 unspecified atom stereocenters. The highest BCUT2D eigenvalue weighted by Crippen LogP contribution is 2.27. The van der Waals surface area contributed by atoms with Crippen molar-refractivity contribution in [2.75, 3.05) is 12.8 Å². The summed E-state index contributed by atoms with van der Waals surface area (Å²) in [5.74, 6) is 0. The topological polar surface area (TPSA) is 29.3 Å². The van der Waals surface area contributed by atoms with Crippen LogP contribution in [0.2, 0.25) is 0 Å². The summed E-state index contributed by atoms with van der Waals surface area (Å²) in [5.41, 5.74) is 7.87. The van der Waals surface area contributed by atoms with Crippen LogP contribution in [0, 0.1) is 0 Å². The van der Waals surface area contributed by atoms with E-state index >= 15 is 0 Å². The lowest BCUT2D eigenvalue weighted by Crippen LogP contribution is -2.21. The molecule has 0 amide bonds. The molecule has 96 valence electrons. The van der Waals surface area contributed by atoms with Crippen molar-refractivity contribution in [2.45, 2.75) is 19.5 Å². The fourth-order valence-electron chi connectivity index (χ4n) is 1.87. The van der Waals surface area contributed by atoms with E-state index in [9.17, 15) is 0 Å². The van der Waals surface area contributed by atoms with E-state index < -0.39 is 0 Å². The van der Waals surface area contributed by atoms with Gasteiger partial charge in [-0.2, -0.15) is 0 Å². The number of anilines is 1. The highest BCUT2D eigenvalue weighted by molar-refractivity contribution is 9.10. The van der Waals surface area contributed by atoms with Gasteiger partial charge in [0.25, 0.3) is 0 Å². The quantitative estimate of drug-likeness (QED) is 0.850. The van der Waals surface area contributed by atoms with Crippen LogP contribution in [0.3, 0.4) is 0 Å². The van der Waals surface area contributed by atoms with E-state index in [2.05, 4.69) is 52.3 Å². The van der Waals surface area contributed by atoms with Gasteiger partial charge in [0.15, 0.2) is 0 Å². The molecule has 0 saturated heterocycles. The number of thiophene rings is 1. The lowest BCUT2D eigenvalue weighted by atomic mass is 10.1. The van der Waals surface area contributed by atoms with E-state index in [1.54, 1.807) is 11.3 Å². The first kappa shape index (κ1) is 13.6. The second-order valence-corrected chi connectivity index (χ2v) is 6.29. The first-order valence-electron chi connectivity index (χ1n) is 5.85. The maximum absolute atomic E-state index is 5.84. The zero-order valence-electron chi connectivity index (χ0n) is 10.6. The fraction of sp³-hybridized carbons (Fsp3) is 0.286. The average Bonchev–Trinajstić information content (AvgIpc) is 2.86. The van der Waals surface area contributed by atoms with Crippen LogP contribution in [0.5, 0.6) is 0 Å². The third-order valence-corrected chi connectivity index (χ3v) is 4.92. The van der Waals surface area contributed by atoms with Crippen LogP contribution in [0.15, 0.2) is 40.2 Å². The summed E-state index contributed by atoms with van der Waals surface area (Å²) in [6, 6.07) is 10.6. The van der Waals surface area contributed by atoms with Crippen molar-refractivity contribution in [1.29, 1.82) is 0 Å². The number of nitrogens with zero attached hydrogens (tertiary/aromatic N) is 1. The van der Waals surface area contributed by atoms with Crippen molar-refractivity contribution in [3.05, 3.63) is 50.6 Å². The van der Waals surface area contributed by atoms with Crippen LogP contribution < -0.4 is 5.73 Å². The number of nitrogens with two attached hydrogens (primary N) is 1. The van der Waals surface area contributed by atoms with E-state index in [-0.39, 0.29) is 0 Å². The number of benzene rings is 1. The van der Waals surface area contributed by atoms with E-state index in [0.717, 1.165) is 16.7 Å². The fourth-order valence-corrected chi connectivity index (χ4v) is 3.09. The molecule has 2 N–H and O–H groups in total. The van der Waals surface area contributed by atoms with E-state index in [4.69, 9.17) is 5.73 Å². The Labute approximate surface area is 121 Å². The van der Waals surface area contributed by atoms with Crippen LogP contribution in [0.25, 0.3) is 0 Å². The highest BCUT2D eigenvalue weighted by Gasteiger charge is 2.14. The Morgan fingerprint density at radius 1 is 1.39 bits per heavy atom. The number of halogens is 1. The van der Waals surface area contributed by atoms with Crippen molar-refractivity contribution in [3.8, 4) is 0 Å². The van der Waals surface area contributed by atoms with Gasteiger partial charge in [-0.05, 0) is 49.2 Å². The van der Waals surface area contributed by atoms with Crippen LogP contribution in [0.1, 0.15) is 23.4 Å². The van der Waals surface area contributed by atoms with Gasteiger partial charge in [0.1, 0.15) is 0 Å². The molecule has 0 radical (unpaired) electrons. The normalized spacial score (nSPS) is 12.9. The molecule has 1 aromatic heterocycles. The zero-order valence-corrected chi connectivity index (χ0v) is 13.0. The predicted molar refractivity (Wildman–Crippen MR) is 82.8 cm³/mol. The third-order valence-electron chi connectivity index (χ3n) is 3.11. The van der Waals surface area contributed by atoms with Gasteiger partial charge in [-0.15, -0.1) is 11.3 Å². The number of hydrogen-bond donors (Lipinski definition) is 1. The molecule has 2 aromatic rings. The van der Waals surface area contributed by atoms with Crippen molar-refractivity contribution in [2.24, 2.45) is 0 Å². The van der Waals surface area contributed by atoms with Gasteiger partial charge >= 0.3 is 0 Å². The first-order chi connectivity index (χ1) is 8.58. The number of nitrogen functional groups attached to an aromatic ring is 1. The molecule has 0 fully saturated rings. The summed E-state index contributed by atoms with van der Waals surface area (Å²) in [6.07, 6.45) is 0. The van der Waals surface area contributed by atoms with E-state index in [0.29, 0.717) is 6.04 Å². The van der Waals surface area contributed by atoms with Crippen LogP contribution in [-0.2, 0) is 6.54 Å². The van der Waals surface area contributed by atoms with Crippen LogP contribution in [-0.4, -0.2) is 11.9 Å². The molecule has 2 nitrogen and oxygen atoms in total. The molecular formula is C14H17BrN2S. The van der Waals surface area contributed by atoms with E-state index in [1.807, 2.05) is 18.2 Å². The highest BCUT2D eigenvalue weighted by atomic mass is 79.9. The van der Waals surface area contributed by atoms with Crippen molar-refractivity contribution in [1.82, 2.24) is 4.90 Å². The number of rotatable bonds is 4. The Kier molecular flexibility index (Phi) is 4.43.